The number of imidazole rings is 1. The number of pyridine rings is 3. The van der Waals surface area contributed by atoms with Crippen molar-refractivity contribution in [3.8, 4) is 11.4 Å². The van der Waals surface area contributed by atoms with Gasteiger partial charge in [-0.25, -0.2) is 9.97 Å². The highest BCUT2D eigenvalue weighted by Gasteiger charge is 2.26. The predicted molar refractivity (Wildman–Crippen MR) is 143 cm³/mol. The number of halogens is 1. The van der Waals surface area contributed by atoms with Gasteiger partial charge >= 0.3 is 0 Å². The van der Waals surface area contributed by atoms with Crippen molar-refractivity contribution in [2.45, 2.75) is 18.8 Å². The lowest BCUT2D eigenvalue weighted by Crippen LogP contribution is -2.22. The van der Waals surface area contributed by atoms with Gasteiger partial charge < -0.3 is 20.4 Å². The molecule has 0 spiro atoms. The second-order valence-corrected chi connectivity index (χ2v) is 9.18. The first-order valence-electron chi connectivity index (χ1n) is 11.8. The molecule has 5 heterocycles. The standard InChI is InChI=1S/C26H22ClN9O2/c1-35-23-22(27)21(38-20(10-28)19-12-30-7-8-31-19)13-32-24(23)34-26(35)33-18-9-16(15-4-5-15)14-36(25(18)37)17-3-2-6-29-11-17/h2-3,6-15H,4-5,28H2,1H3,(H,32,33,34)/b20-10+. The monoisotopic (exact) mass is 527 g/mol. The Balaban J connectivity index is 1.38. The number of ether oxygens (including phenoxy) is 1. The van der Waals surface area contributed by atoms with E-state index in [1.165, 1.54) is 24.8 Å². The highest BCUT2D eigenvalue weighted by atomic mass is 35.5. The molecule has 190 valence electrons. The Morgan fingerprint density at radius 3 is 2.74 bits per heavy atom. The largest absolute Gasteiger partial charge is 0.450 e. The van der Waals surface area contributed by atoms with Crippen LogP contribution in [0.4, 0.5) is 11.6 Å². The van der Waals surface area contributed by atoms with Gasteiger partial charge in [0.15, 0.2) is 17.2 Å². The smallest absolute Gasteiger partial charge is 0.278 e. The second-order valence-electron chi connectivity index (χ2n) is 8.80. The zero-order valence-electron chi connectivity index (χ0n) is 20.2. The molecule has 0 saturated heterocycles. The molecule has 1 aliphatic rings. The molecule has 38 heavy (non-hydrogen) atoms. The van der Waals surface area contributed by atoms with Gasteiger partial charge in [-0.05, 0) is 42.5 Å². The average molecular weight is 528 g/mol. The van der Waals surface area contributed by atoms with Gasteiger partial charge in [0.05, 0.1) is 24.3 Å². The van der Waals surface area contributed by atoms with Crippen LogP contribution in [0.25, 0.3) is 22.6 Å². The number of hydrogen-bond acceptors (Lipinski definition) is 9. The number of aryl methyl sites for hydroxylation is 1. The third-order valence-electron chi connectivity index (χ3n) is 6.25. The van der Waals surface area contributed by atoms with Crippen LogP contribution in [0, 0.1) is 0 Å². The maximum Gasteiger partial charge on any atom is 0.278 e. The molecule has 0 aromatic carbocycles. The van der Waals surface area contributed by atoms with Crippen molar-refractivity contribution in [3.63, 3.8) is 0 Å². The minimum atomic E-state index is -0.223. The van der Waals surface area contributed by atoms with Crippen LogP contribution in [-0.2, 0) is 7.05 Å². The normalized spacial score (nSPS) is 13.6. The van der Waals surface area contributed by atoms with Crippen molar-refractivity contribution in [1.29, 1.82) is 0 Å². The van der Waals surface area contributed by atoms with Crippen molar-refractivity contribution in [2.24, 2.45) is 12.8 Å². The lowest BCUT2D eigenvalue weighted by atomic mass is 10.1. The fourth-order valence-corrected chi connectivity index (χ4v) is 4.45. The van der Waals surface area contributed by atoms with Crippen molar-refractivity contribution in [3.05, 3.63) is 94.4 Å². The lowest BCUT2D eigenvalue weighted by molar-refractivity contribution is 0.509. The summed E-state index contributed by atoms with van der Waals surface area (Å²) in [5.74, 6) is 1.37. The summed E-state index contributed by atoms with van der Waals surface area (Å²) in [6.45, 7) is 0. The lowest BCUT2D eigenvalue weighted by Gasteiger charge is -2.13. The van der Waals surface area contributed by atoms with Crippen molar-refractivity contribution < 1.29 is 4.74 Å². The van der Waals surface area contributed by atoms with Crippen LogP contribution in [0.15, 0.2) is 72.6 Å². The van der Waals surface area contributed by atoms with Crippen molar-refractivity contribution in [1.82, 2.24) is 34.1 Å². The summed E-state index contributed by atoms with van der Waals surface area (Å²) in [5.41, 5.74) is 9.04. The third kappa shape index (κ3) is 4.33. The van der Waals surface area contributed by atoms with Crippen molar-refractivity contribution >= 4 is 40.2 Å². The van der Waals surface area contributed by atoms with Crippen LogP contribution in [0.1, 0.15) is 30.0 Å². The fourth-order valence-electron chi connectivity index (χ4n) is 4.15. The van der Waals surface area contributed by atoms with E-state index in [2.05, 4.69) is 30.2 Å². The van der Waals surface area contributed by atoms with Gasteiger partial charge in [-0.1, -0.05) is 11.6 Å². The van der Waals surface area contributed by atoms with E-state index < -0.39 is 0 Å². The Bertz CT molecular complexity index is 1730. The summed E-state index contributed by atoms with van der Waals surface area (Å²) < 4.78 is 9.26. The van der Waals surface area contributed by atoms with Crippen LogP contribution < -0.4 is 21.3 Å². The molecule has 0 aliphatic heterocycles. The average Bonchev–Trinajstić information content (AvgIpc) is 3.75. The molecular formula is C26H22ClN9O2. The molecule has 0 unspecified atom stereocenters. The van der Waals surface area contributed by atoms with Gasteiger partial charge in [-0.2, -0.15) is 4.98 Å². The van der Waals surface area contributed by atoms with Gasteiger partial charge in [-0.3, -0.25) is 19.3 Å². The van der Waals surface area contributed by atoms with E-state index >= 15 is 0 Å². The zero-order chi connectivity index (χ0) is 26.2. The van der Waals surface area contributed by atoms with Gasteiger partial charge in [0.2, 0.25) is 5.95 Å². The molecule has 0 radical (unpaired) electrons. The Morgan fingerprint density at radius 1 is 1.18 bits per heavy atom. The number of anilines is 2. The molecule has 1 aliphatic carbocycles. The minimum Gasteiger partial charge on any atom is -0.450 e. The summed E-state index contributed by atoms with van der Waals surface area (Å²) >= 11 is 6.73. The van der Waals surface area contributed by atoms with E-state index in [0.29, 0.717) is 40.1 Å². The van der Waals surface area contributed by atoms with E-state index in [1.807, 2.05) is 18.3 Å². The highest BCUT2D eigenvalue weighted by Crippen LogP contribution is 2.41. The van der Waals surface area contributed by atoms with Crippen LogP contribution in [0.3, 0.4) is 0 Å². The Labute approximate surface area is 221 Å². The predicted octanol–water partition coefficient (Wildman–Crippen LogP) is 3.91. The summed E-state index contributed by atoms with van der Waals surface area (Å²) in [5, 5.41) is 3.48. The molecule has 1 fully saturated rings. The van der Waals surface area contributed by atoms with Crippen LogP contribution >= 0.6 is 11.6 Å². The highest BCUT2D eigenvalue weighted by molar-refractivity contribution is 6.36. The quantitative estimate of drug-likeness (QED) is 0.301. The van der Waals surface area contributed by atoms with Crippen LogP contribution in [-0.4, -0.2) is 34.1 Å². The molecule has 6 rings (SSSR count). The Hall–Kier alpha value is -4.77. The van der Waals surface area contributed by atoms with Gasteiger partial charge in [0, 0.05) is 38.0 Å². The van der Waals surface area contributed by atoms with E-state index in [0.717, 1.165) is 18.4 Å². The molecule has 0 atom stereocenters. The zero-order valence-corrected chi connectivity index (χ0v) is 21.0. The number of aromatic nitrogens is 7. The number of nitrogens with one attached hydrogen (secondary N) is 1. The van der Waals surface area contributed by atoms with Crippen molar-refractivity contribution in [2.75, 3.05) is 5.32 Å². The fraction of sp³-hybridized carbons (Fsp3) is 0.154. The molecule has 3 N–H and O–H groups in total. The SMILES string of the molecule is Cn1c(Nc2cc(C3CC3)cn(-c3cccnc3)c2=O)nc2ncc(O/C(=C/N)c3cnccn3)c(Cl)c21. The maximum absolute atomic E-state index is 13.5. The summed E-state index contributed by atoms with van der Waals surface area (Å²) in [6.07, 6.45) is 14.8. The topological polar surface area (TPSA) is 139 Å². The first kappa shape index (κ1) is 23.6. The maximum atomic E-state index is 13.5. The van der Waals surface area contributed by atoms with E-state index in [4.69, 9.17) is 22.1 Å². The molecule has 0 bridgehead atoms. The molecule has 5 aromatic heterocycles. The number of hydrogen-bond donors (Lipinski definition) is 2. The third-order valence-corrected chi connectivity index (χ3v) is 6.61. The number of rotatable bonds is 7. The molecular weight excluding hydrogens is 506 g/mol. The molecule has 12 heteroatoms. The van der Waals surface area contributed by atoms with Gasteiger partial charge in [0.1, 0.15) is 21.9 Å². The number of nitrogens with zero attached hydrogens (tertiary/aromatic N) is 7. The van der Waals surface area contributed by atoms with Crippen LogP contribution in [0.5, 0.6) is 5.75 Å². The molecule has 1 saturated carbocycles. The molecule has 0 amide bonds. The van der Waals surface area contributed by atoms with E-state index in [1.54, 1.807) is 40.8 Å². The first-order chi connectivity index (χ1) is 18.5. The Kier molecular flexibility index (Phi) is 5.97. The summed E-state index contributed by atoms with van der Waals surface area (Å²) in [4.78, 5) is 34.8. The second kappa shape index (κ2) is 9.60. The number of nitrogens with two attached hydrogens (primary N) is 1. The van der Waals surface area contributed by atoms with Gasteiger partial charge in [-0.15, -0.1) is 0 Å². The van der Waals surface area contributed by atoms with E-state index in [9.17, 15) is 4.79 Å². The van der Waals surface area contributed by atoms with E-state index in [-0.39, 0.29) is 22.1 Å². The summed E-state index contributed by atoms with van der Waals surface area (Å²) in [6, 6.07) is 5.53. The molecule has 11 nitrogen and oxygen atoms in total. The molecule has 5 aromatic rings. The Morgan fingerprint density at radius 2 is 2.03 bits per heavy atom. The summed E-state index contributed by atoms with van der Waals surface area (Å²) in [7, 11) is 1.78. The van der Waals surface area contributed by atoms with Gasteiger partial charge in [0.25, 0.3) is 5.56 Å². The van der Waals surface area contributed by atoms with Crippen LogP contribution in [0.2, 0.25) is 5.02 Å². The number of fused-ring (bicyclic) bond motifs is 1. The first-order valence-corrected chi connectivity index (χ1v) is 12.2. The minimum absolute atomic E-state index is 0.223.